The van der Waals surface area contributed by atoms with Gasteiger partial charge in [0.1, 0.15) is 0 Å². The summed E-state index contributed by atoms with van der Waals surface area (Å²) in [6.07, 6.45) is 0. The van der Waals surface area contributed by atoms with Crippen molar-refractivity contribution >= 4 is 23.2 Å². The molecule has 2 amide bonds. The van der Waals surface area contributed by atoms with Gasteiger partial charge >= 0.3 is 0 Å². The number of amides is 2. The highest BCUT2D eigenvalue weighted by Gasteiger charge is 2.72. The van der Waals surface area contributed by atoms with Crippen LogP contribution in [0.5, 0.6) is 0 Å². The number of aryl methyl sites for hydroxylation is 2. The maximum absolute atomic E-state index is 12.4. The number of nitrogens with two attached hydrogens (primary N) is 1. The number of hydrogen-bond donors (Lipinski definition) is 1. The van der Waals surface area contributed by atoms with Crippen molar-refractivity contribution in [3.63, 3.8) is 0 Å². The molecule has 4 nitrogen and oxygen atoms in total. The molecular weight excluding hydrogens is 240 g/mol. The predicted molar refractivity (Wildman–Crippen MR) is 73.6 cm³/mol. The summed E-state index contributed by atoms with van der Waals surface area (Å²) in [6.45, 7) is 7.77. The number of nitrogen functional groups attached to an aromatic ring is 1. The van der Waals surface area contributed by atoms with E-state index < -0.39 is 0 Å². The van der Waals surface area contributed by atoms with Crippen LogP contribution in [-0.4, -0.2) is 11.8 Å². The largest absolute Gasteiger partial charge is 0.398 e. The van der Waals surface area contributed by atoms with E-state index in [-0.39, 0.29) is 29.1 Å². The van der Waals surface area contributed by atoms with Crippen molar-refractivity contribution in [1.82, 2.24) is 0 Å². The summed E-state index contributed by atoms with van der Waals surface area (Å²) < 4.78 is 0. The molecule has 1 saturated heterocycles. The van der Waals surface area contributed by atoms with Crippen molar-refractivity contribution in [2.24, 2.45) is 17.3 Å². The predicted octanol–water partition coefficient (Wildman–Crippen LogP) is 2.03. The fourth-order valence-electron chi connectivity index (χ4n) is 3.28. The van der Waals surface area contributed by atoms with E-state index in [2.05, 4.69) is 0 Å². The minimum Gasteiger partial charge on any atom is -0.398 e. The zero-order chi connectivity index (χ0) is 14.1. The Morgan fingerprint density at radius 3 is 2.11 bits per heavy atom. The first kappa shape index (κ1) is 12.2. The fraction of sp³-hybridized carbons (Fsp3) is 0.467. The van der Waals surface area contributed by atoms with Gasteiger partial charge in [-0.25, -0.2) is 4.90 Å². The second kappa shape index (κ2) is 3.38. The normalized spacial score (nSPS) is 27.7. The van der Waals surface area contributed by atoms with E-state index >= 15 is 0 Å². The molecule has 1 aliphatic carbocycles. The third-order valence-corrected chi connectivity index (χ3v) is 4.63. The number of carbonyl (C=O) groups is 2. The molecule has 1 aromatic carbocycles. The van der Waals surface area contributed by atoms with Gasteiger partial charge in [0.2, 0.25) is 11.8 Å². The first-order valence-electron chi connectivity index (χ1n) is 6.51. The van der Waals surface area contributed by atoms with Gasteiger partial charge in [-0.05, 0) is 36.5 Å². The molecule has 0 spiro atoms. The van der Waals surface area contributed by atoms with Gasteiger partial charge in [-0.3, -0.25) is 9.59 Å². The molecule has 19 heavy (non-hydrogen) atoms. The average Bonchev–Trinajstić information content (AvgIpc) is 2.76. The third-order valence-electron chi connectivity index (χ3n) is 4.63. The lowest BCUT2D eigenvalue weighted by Gasteiger charge is -2.23. The highest BCUT2D eigenvalue weighted by molar-refractivity contribution is 6.26. The molecule has 2 aliphatic rings. The van der Waals surface area contributed by atoms with Gasteiger partial charge in [0.25, 0.3) is 0 Å². The van der Waals surface area contributed by atoms with Gasteiger partial charge in [-0.2, -0.15) is 0 Å². The molecule has 1 aliphatic heterocycles. The molecular formula is C15H18N2O2. The highest BCUT2D eigenvalue weighted by atomic mass is 16.2. The summed E-state index contributed by atoms with van der Waals surface area (Å²) in [5.41, 5.74) is 8.85. The molecule has 0 aromatic heterocycles. The van der Waals surface area contributed by atoms with E-state index in [0.29, 0.717) is 11.4 Å². The first-order valence-corrected chi connectivity index (χ1v) is 6.51. The van der Waals surface area contributed by atoms with Crippen molar-refractivity contribution in [1.29, 1.82) is 0 Å². The summed E-state index contributed by atoms with van der Waals surface area (Å²) in [5, 5.41) is 0. The summed E-state index contributed by atoms with van der Waals surface area (Å²) in [7, 11) is 0. The van der Waals surface area contributed by atoms with Gasteiger partial charge in [0, 0.05) is 5.69 Å². The van der Waals surface area contributed by atoms with Crippen LogP contribution in [0.15, 0.2) is 12.1 Å². The Hall–Kier alpha value is -1.84. The number of benzene rings is 1. The molecule has 0 radical (unpaired) electrons. The maximum atomic E-state index is 12.4. The maximum Gasteiger partial charge on any atom is 0.238 e. The lowest BCUT2D eigenvalue weighted by atomic mass is 10.0. The Bertz CT molecular complexity index is 595. The molecule has 3 rings (SSSR count). The van der Waals surface area contributed by atoms with Crippen LogP contribution in [0.3, 0.4) is 0 Å². The molecule has 1 heterocycles. The molecule has 2 unspecified atom stereocenters. The quantitative estimate of drug-likeness (QED) is 0.619. The van der Waals surface area contributed by atoms with Crippen molar-refractivity contribution < 1.29 is 9.59 Å². The molecule has 2 N–H and O–H groups in total. The minimum absolute atomic E-state index is 0.0775. The van der Waals surface area contributed by atoms with Crippen molar-refractivity contribution in [2.75, 3.05) is 10.6 Å². The molecule has 100 valence electrons. The van der Waals surface area contributed by atoms with E-state index in [9.17, 15) is 9.59 Å². The molecule has 2 fully saturated rings. The number of imide groups is 1. The Labute approximate surface area is 112 Å². The topological polar surface area (TPSA) is 63.4 Å². The van der Waals surface area contributed by atoms with Gasteiger partial charge in [-0.1, -0.05) is 19.9 Å². The molecule has 4 heteroatoms. The van der Waals surface area contributed by atoms with Crippen molar-refractivity contribution in [3.8, 4) is 0 Å². The van der Waals surface area contributed by atoms with E-state index in [1.807, 2.05) is 33.8 Å². The van der Waals surface area contributed by atoms with Crippen LogP contribution >= 0.6 is 0 Å². The summed E-state index contributed by atoms with van der Waals surface area (Å²) >= 11 is 0. The number of nitrogens with zero attached hydrogens (tertiary/aromatic N) is 1. The average molecular weight is 258 g/mol. The van der Waals surface area contributed by atoms with E-state index in [0.717, 1.165) is 11.1 Å². The van der Waals surface area contributed by atoms with Gasteiger partial charge in [0.15, 0.2) is 0 Å². The Morgan fingerprint density at radius 1 is 1.05 bits per heavy atom. The number of anilines is 2. The fourth-order valence-corrected chi connectivity index (χ4v) is 3.28. The molecule has 0 bridgehead atoms. The smallest absolute Gasteiger partial charge is 0.238 e. The van der Waals surface area contributed by atoms with Crippen LogP contribution < -0.4 is 10.6 Å². The second-order valence-corrected chi connectivity index (χ2v) is 6.28. The lowest BCUT2D eigenvalue weighted by molar-refractivity contribution is -0.125. The minimum atomic E-state index is -0.172. The van der Waals surface area contributed by atoms with Crippen molar-refractivity contribution in [2.45, 2.75) is 27.7 Å². The van der Waals surface area contributed by atoms with Crippen molar-refractivity contribution in [3.05, 3.63) is 23.3 Å². The third kappa shape index (κ3) is 1.40. The summed E-state index contributed by atoms with van der Waals surface area (Å²) in [6, 6.07) is 3.65. The number of rotatable bonds is 1. The van der Waals surface area contributed by atoms with E-state index in [1.54, 1.807) is 6.07 Å². The van der Waals surface area contributed by atoms with E-state index in [4.69, 9.17) is 5.73 Å². The molecule has 1 aromatic rings. The van der Waals surface area contributed by atoms with Crippen LogP contribution in [0.2, 0.25) is 0 Å². The van der Waals surface area contributed by atoms with Gasteiger partial charge < -0.3 is 5.73 Å². The molecule has 1 saturated carbocycles. The number of piperidine rings is 1. The summed E-state index contributed by atoms with van der Waals surface area (Å²) in [4.78, 5) is 26.1. The van der Waals surface area contributed by atoms with E-state index in [1.165, 1.54) is 4.90 Å². The molecule has 2 atom stereocenters. The van der Waals surface area contributed by atoms with Gasteiger partial charge in [0.05, 0.1) is 17.5 Å². The lowest BCUT2D eigenvalue weighted by Crippen LogP contribution is -2.36. The SMILES string of the molecule is Cc1cc(C)c(N2C(=O)C3C(C2=O)C3(C)C)cc1N. The first-order chi connectivity index (χ1) is 8.76. The monoisotopic (exact) mass is 258 g/mol. The number of hydrogen-bond acceptors (Lipinski definition) is 3. The number of carbonyl (C=O) groups excluding carboxylic acids is 2. The Kier molecular flexibility index (Phi) is 2.17. The second-order valence-electron chi connectivity index (χ2n) is 6.28. The standard InChI is InChI=1S/C15H18N2O2/c1-7-5-8(2)10(6-9(7)16)17-13(18)11-12(14(17)19)15(11,3)4/h5-6,11-12H,16H2,1-4H3. The van der Waals surface area contributed by atoms with Gasteiger partial charge in [-0.15, -0.1) is 0 Å². The Morgan fingerprint density at radius 2 is 1.58 bits per heavy atom. The Balaban J connectivity index is 2.04. The zero-order valence-electron chi connectivity index (χ0n) is 11.7. The zero-order valence-corrected chi connectivity index (χ0v) is 11.7. The van der Waals surface area contributed by atoms with Crippen LogP contribution in [-0.2, 0) is 9.59 Å². The van der Waals surface area contributed by atoms with Crippen LogP contribution in [0.4, 0.5) is 11.4 Å². The van der Waals surface area contributed by atoms with Crippen LogP contribution in [0.1, 0.15) is 25.0 Å². The van der Waals surface area contributed by atoms with Crippen LogP contribution in [0, 0.1) is 31.1 Å². The highest BCUT2D eigenvalue weighted by Crippen LogP contribution is 2.63. The number of fused-ring (bicyclic) bond motifs is 1. The summed E-state index contributed by atoms with van der Waals surface area (Å²) in [5.74, 6) is -0.457. The van der Waals surface area contributed by atoms with Crippen LogP contribution in [0.25, 0.3) is 0 Å².